The SMILES string of the molecule is CCOC(=O)c1sc(N2CC[C@H](NC(=O)c3nc(Cl)c(CC)[nH]3)[C@H](OC)C2)nc1CF. The van der Waals surface area contributed by atoms with E-state index in [2.05, 4.69) is 20.3 Å². The van der Waals surface area contributed by atoms with Crippen molar-refractivity contribution in [3.05, 3.63) is 27.2 Å². The summed E-state index contributed by atoms with van der Waals surface area (Å²) < 4.78 is 23.9. The number of piperidine rings is 1. The van der Waals surface area contributed by atoms with E-state index in [1.54, 1.807) is 14.0 Å². The lowest BCUT2D eigenvalue weighted by Crippen LogP contribution is -2.55. The fourth-order valence-electron chi connectivity index (χ4n) is 3.38. The van der Waals surface area contributed by atoms with Crippen molar-refractivity contribution in [1.29, 1.82) is 0 Å². The Labute approximate surface area is 188 Å². The van der Waals surface area contributed by atoms with E-state index in [1.165, 1.54) is 0 Å². The number of carbonyl (C=O) groups excluding carboxylic acids is 2. The molecule has 1 fully saturated rings. The zero-order valence-corrected chi connectivity index (χ0v) is 19.1. The number of amides is 1. The van der Waals surface area contributed by atoms with Gasteiger partial charge in [-0.3, -0.25) is 4.79 Å². The summed E-state index contributed by atoms with van der Waals surface area (Å²) in [7, 11) is 1.56. The van der Waals surface area contributed by atoms with Gasteiger partial charge in [-0.05, 0) is 19.8 Å². The van der Waals surface area contributed by atoms with E-state index in [9.17, 15) is 14.0 Å². The normalized spacial score (nSPS) is 18.8. The number of imidazole rings is 1. The van der Waals surface area contributed by atoms with E-state index >= 15 is 0 Å². The number of H-pyrrole nitrogens is 1. The Balaban J connectivity index is 1.69. The summed E-state index contributed by atoms with van der Waals surface area (Å²) in [5, 5.41) is 3.75. The number of carbonyl (C=O) groups is 2. The first-order chi connectivity index (χ1) is 14.9. The third kappa shape index (κ3) is 5.16. The van der Waals surface area contributed by atoms with Crippen LogP contribution in [0.5, 0.6) is 0 Å². The number of aromatic amines is 1. The smallest absolute Gasteiger partial charge is 0.350 e. The molecule has 1 saturated heterocycles. The fraction of sp³-hybridized carbons (Fsp3) is 0.579. The Morgan fingerprint density at radius 2 is 2.16 bits per heavy atom. The fourth-order valence-corrected chi connectivity index (χ4v) is 4.64. The van der Waals surface area contributed by atoms with Gasteiger partial charge in [0.1, 0.15) is 11.6 Å². The molecule has 2 atom stereocenters. The zero-order chi connectivity index (χ0) is 22.5. The molecule has 9 nitrogen and oxygen atoms in total. The topological polar surface area (TPSA) is 109 Å². The summed E-state index contributed by atoms with van der Waals surface area (Å²) in [6.45, 7) is 3.92. The highest BCUT2D eigenvalue weighted by Crippen LogP contribution is 2.30. The van der Waals surface area contributed by atoms with Crippen LogP contribution in [0.2, 0.25) is 5.15 Å². The molecule has 2 N–H and O–H groups in total. The number of rotatable bonds is 8. The van der Waals surface area contributed by atoms with Gasteiger partial charge in [0.15, 0.2) is 16.1 Å². The maximum absolute atomic E-state index is 13.4. The molecule has 2 aromatic rings. The number of esters is 1. The molecule has 2 aromatic heterocycles. The molecule has 3 rings (SSSR count). The van der Waals surface area contributed by atoms with Crippen LogP contribution >= 0.6 is 22.9 Å². The van der Waals surface area contributed by atoms with Crippen LogP contribution in [-0.4, -0.2) is 65.8 Å². The average molecular weight is 474 g/mol. The maximum atomic E-state index is 13.4. The minimum atomic E-state index is -0.851. The monoisotopic (exact) mass is 473 g/mol. The van der Waals surface area contributed by atoms with E-state index in [4.69, 9.17) is 21.1 Å². The molecule has 1 amide bonds. The van der Waals surface area contributed by atoms with Crippen molar-refractivity contribution in [1.82, 2.24) is 20.3 Å². The van der Waals surface area contributed by atoms with Crippen molar-refractivity contribution in [2.45, 2.75) is 45.5 Å². The number of hydrogen-bond donors (Lipinski definition) is 2. The van der Waals surface area contributed by atoms with Crippen LogP contribution in [0.1, 0.15) is 51.9 Å². The summed E-state index contributed by atoms with van der Waals surface area (Å²) in [6, 6.07) is -0.257. The molecular weight excluding hydrogens is 449 g/mol. The van der Waals surface area contributed by atoms with Crippen molar-refractivity contribution in [2.24, 2.45) is 0 Å². The summed E-state index contributed by atoms with van der Waals surface area (Å²) in [4.78, 5) is 38.0. The molecule has 170 valence electrons. The molecule has 0 radical (unpaired) electrons. The highest BCUT2D eigenvalue weighted by molar-refractivity contribution is 7.17. The molecular formula is C19H25ClFN5O4S. The molecule has 12 heteroatoms. The second-order valence-corrected chi connectivity index (χ2v) is 8.26. The number of methoxy groups -OCH3 is 1. The maximum Gasteiger partial charge on any atom is 0.350 e. The number of nitrogens with zero attached hydrogens (tertiary/aromatic N) is 3. The third-order valence-electron chi connectivity index (χ3n) is 5.02. The number of alkyl halides is 1. The number of nitrogens with one attached hydrogen (secondary N) is 2. The molecule has 0 aromatic carbocycles. The highest BCUT2D eigenvalue weighted by Gasteiger charge is 2.33. The first-order valence-electron chi connectivity index (χ1n) is 9.97. The number of ether oxygens (including phenoxy) is 2. The number of aromatic nitrogens is 3. The minimum Gasteiger partial charge on any atom is -0.462 e. The lowest BCUT2D eigenvalue weighted by Gasteiger charge is -2.37. The van der Waals surface area contributed by atoms with Crippen molar-refractivity contribution >= 4 is 39.9 Å². The van der Waals surface area contributed by atoms with Crippen LogP contribution in [0.3, 0.4) is 0 Å². The van der Waals surface area contributed by atoms with Crippen molar-refractivity contribution in [3.8, 4) is 0 Å². The molecule has 0 aliphatic carbocycles. The van der Waals surface area contributed by atoms with Gasteiger partial charge in [0.05, 0.1) is 30.1 Å². The van der Waals surface area contributed by atoms with Crippen LogP contribution in [-0.2, 0) is 22.6 Å². The number of halogens is 2. The largest absolute Gasteiger partial charge is 0.462 e. The van der Waals surface area contributed by atoms with Crippen molar-refractivity contribution in [3.63, 3.8) is 0 Å². The lowest BCUT2D eigenvalue weighted by molar-refractivity contribution is 0.0529. The third-order valence-corrected chi connectivity index (χ3v) is 6.47. The van der Waals surface area contributed by atoms with Gasteiger partial charge in [0.2, 0.25) is 0 Å². The predicted octanol–water partition coefficient (Wildman–Crippen LogP) is 2.75. The Bertz CT molecular complexity index is 937. The first kappa shape index (κ1) is 23.4. The second-order valence-electron chi connectivity index (χ2n) is 6.92. The second kappa shape index (κ2) is 10.4. The van der Waals surface area contributed by atoms with Gasteiger partial charge in [0, 0.05) is 20.2 Å². The van der Waals surface area contributed by atoms with Gasteiger partial charge in [-0.25, -0.2) is 19.2 Å². The highest BCUT2D eigenvalue weighted by atomic mass is 35.5. The number of hydrogen-bond acceptors (Lipinski definition) is 8. The van der Waals surface area contributed by atoms with Crippen LogP contribution in [0.4, 0.5) is 9.52 Å². The van der Waals surface area contributed by atoms with E-state index in [0.29, 0.717) is 36.8 Å². The van der Waals surface area contributed by atoms with E-state index < -0.39 is 12.6 Å². The molecule has 1 aliphatic rings. The van der Waals surface area contributed by atoms with Gasteiger partial charge in [-0.2, -0.15) is 0 Å². The van der Waals surface area contributed by atoms with Crippen molar-refractivity contribution < 1.29 is 23.5 Å². The zero-order valence-electron chi connectivity index (χ0n) is 17.5. The molecule has 31 heavy (non-hydrogen) atoms. The Hall–Kier alpha value is -2.24. The predicted molar refractivity (Wildman–Crippen MR) is 115 cm³/mol. The molecule has 0 unspecified atom stereocenters. The van der Waals surface area contributed by atoms with Crippen LogP contribution < -0.4 is 10.2 Å². The first-order valence-corrected chi connectivity index (χ1v) is 11.2. The van der Waals surface area contributed by atoms with Crippen LogP contribution in [0, 0.1) is 0 Å². The van der Waals surface area contributed by atoms with E-state index in [-0.39, 0.29) is 46.2 Å². The van der Waals surface area contributed by atoms with Gasteiger partial charge < -0.3 is 24.7 Å². The Kier molecular flexibility index (Phi) is 7.84. The van der Waals surface area contributed by atoms with Crippen LogP contribution in [0.25, 0.3) is 0 Å². The summed E-state index contributed by atoms with van der Waals surface area (Å²) in [5.41, 5.74) is 0.777. The number of aryl methyl sites for hydroxylation is 1. The van der Waals surface area contributed by atoms with Gasteiger partial charge in [-0.1, -0.05) is 29.9 Å². The summed E-state index contributed by atoms with van der Waals surface area (Å²) in [5.74, 6) is -0.778. The van der Waals surface area contributed by atoms with Gasteiger partial charge in [0.25, 0.3) is 5.91 Å². The standard InChI is InChI=1S/C19H25ClFN5O4S/c1-4-10-15(20)25-16(22-10)17(27)23-11-6-7-26(9-13(11)29-3)19-24-12(8-21)14(31-19)18(28)30-5-2/h11,13H,4-9H2,1-3H3,(H,22,25)(H,23,27)/t11-,13+/m0/s1. The lowest BCUT2D eigenvalue weighted by atomic mass is 10.0. The molecule has 3 heterocycles. The quantitative estimate of drug-likeness (QED) is 0.567. The average Bonchev–Trinajstić information content (AvgIpc) is 3.37. The van der Waals surface area contributed by atoms with Gasteiger partial charge in [-0.15, -0.1) is 0 Å². The molecule has 1 aliphatic heterocycles. The molecule has 0 bridgehead atoms. The van der Waals surface area contributed by atoms with Gasteiger partial charge >= 0.3 is 5.97 Å². The van der Waals surface area contributed by atoms with E-state index in [0.717, 1.165) is 11.3 Å². The summed E-state index contributed by atoms with van der Waals surface area (Å²) in [6.07, 6.45) is 0.872. The minimum absolute atomic E-state index is 0.0734. The van der Waals surface area contributed by atoms with Crippen LogP contribution in [0.15, 0.2) is 0 Å². The summed E-state index contributed by atoms with van der Waals surface area (Å²) >= 11 is 7.12. The van der Waals surface area contributed by atoms with E-state index in [1.807, 2.05) is 11.8 Å². The number of anilines is 1. The molecule has 0 saturated carbocycles. The Morgan fingerprint density at radius 3 is 2.77 bits per heavy atom. The molecule has 0 spiro atoms. The Morgan fingerprint density at radius 1 is 1.39 bits per heavy atom. The number of thiazole rings is 1. The van der Waals surface area contributed by atoms with Crippen molar-refractivity contribution in [2.75, 3.05) is 31.7 Å².